The van der Waals surface area contributed by atoms with Gasteiger partial charge in [-0.1, -0.05) is 19.6 Å². The van der Waals surface area contributed by atoms with Gasteiger partial charge in [0.05, 0.1) is 22.2 Å². The van der Waals surface area contributed by atoms with E-state index in [2.05, 4.69) is 45.2 Å². The van der Waals surface area contributed by atoms with Gasteiger partial charge in [-0.3, -0.25) is 20.4 Å². The number of nitrogens with zero attached hydrogens (tertiary/aromatic N) is 6. The zero-order chi connectivity index (χ0) is 41.2. The van der Waals surface area contributed by atoms with Crippen LogP contribution in [0.4, 0.5) is 55.8 Å². The van der Waals surface area contributed by atoms with Crippen molar-refractivity contribution in [1.29, 1.82) is 0 Å². The van der Waals surface area contributed by atoms with Crippen LogP contribution in [-0.4, -0.2) is 48.1 Å². The second-order valence-corrected chi connectivity index (χ2v) is 12.8. The highest BCUT2D eigenvalue weighted by Crippen LogP contribution is 2.46. The topological polar surface area (TPSA) is 173 Å². The molecule has 2 aromatic carbocycles. The van der Waals surface area contributed by atoms with Crippen LogP contribution in [0.5, 0.6) is 0 Å². The largest absolute Gasteiger partial charge is 0.472 e. The molecule has 3 aromatic heterocycles. The fraction of sp³-hybridized carbons (Fsp3) is 0.314. The van der Waals surface area contributed by atoms with E-state index in [0.29, 0.717) is 31.2 Å². The predicted molar refractivity (Wildman–Crippen MR) is 182 cm³/mol. The molecule has 0 bridgehead atoms. The first-order chi connectivity index (χ1) is 26.9. The van der Waals surface area contributed by atoms with Crippen molar-refractivity contribution in [2.75, 3.05) is 10.6 Å². The molecule has 4 N–H and O–H groups in total. The Bertz CT molecular complexity index is 2240. The normalized spacial score (nSPS) is 15.3. The molecule has 0 saturated heterocycles. The van der Waals surface area contributed by atoms with Crippen molar-refractivity contribution in [3.63, 3.8) is 0 Å². The lowest BCUT2D eigenvalue weighted by Gasteiger charge is -2.43. The number of hydrogen-bond donors (Lipinski definition) is 4. The number of carbonyl (C=O) groups excluding carboxylic acids is 2. The Morgan fingerprint density at radius 3 is 1.50 bits per heavy atom. The van der Waals surface area contributed by atoms with Gasteiger partial charge in [0.1, 0.15) is 23.3 Å². The predicted octanol–water partition coefficient (Wildman–Crippen LogP) is 7.52. The van der Waals surface area contributed by atoms with Gasteiger partial charge in [0.2, 0.25) is 11.9 Å². The van der Waals surface area contributed by atoms with E-state index in [1.807, 2.05) is 0 Å². The van der Waals surface area contributed by atoms with Gasteiger partial charge in [-0.25, -0.2) is 37.5 Å². The summed E-state index contributed by atoms with van der Waals surface area (Å²) in [4.78, 5) is 38.3. The van der Waals surface area contributed by atoms with Crippen LogP contribution in [0.2, 0.25) is 0 Å². The summed E-state index contributed by atoms with van der Waals surface area (Å²) in [6, 6.07) is 6.63. The molecule has 2 aliphatic carbocycles. The van der Waals surface area contributed by atoms with Crippen molar-refractivity contribution in [2.45, 2.75) is 69.4 Å². The lowest BCUT2D eigenvalue weighted by Crippen LogP contribution is -2.47. The van der Waals surface area contributed by atoms with Gasteiger partial charge in [0.15, 0.2) is 0 Å². The minimum absolute atomic E-state index is 0. The van der Waals surface area contributed by atoms with Crippen molar-refractivity contribution >= 4 is 23.7 Å². The monoisotopic (exact) mass is 828 g/mol. The highest BCUT2D eigenvalue weighted by Gasteiger charge is 2.43. The highest BCUT2D eigenvalue weighted by atomic mass is 19.4. The van der Waals surface area contributed by atoms with Gasteiger partial charge in [-0.05, 0) is 50.7 Å². The van der Waals surface area contributed by atoms with E-state index in [-0.39, 0.29) is 41.9 Å². The molecule has 0 radical (unpaired) electrons. The maximum atomic E-state index is 14.2. The summed E-state index contributed by atoms with van der Waals surface area (Å²) in [5.74, 6) is -7.81. The first-order valence-electron chi connectivity index (χ1n) is 16.6. The third-order valence-corrected chi connectivity index (χ3v) is 9.04. The van der Waals surface area contributed by atoms with Crippen molar-refractivity contribution < 1.29 is 57.9 Å². The number of alkyl halides is 6. The standard InChI is InChI=1S/C17H14F5N5O2.C17H12F5N5O.CH4/c18-10-2-3-11(12(19)6-10)16(4-1-5-16)25-15-23-7-9(8-24-15)13(28)26-27-14(29)17(20,21)22;18-10-2-3-11(12(19)6-10)16(4-1-5-16)25-15-23-7-9(8-24-15)13-26-27-14(28-13)17(20,21)22;/h2-3,6-8H,1,4-5H2,(H,26,28)(H,27,29)(H,23,24,25);2-3,6-8H,1,4-5H2,(H,23,24,25);1H4. The number of rotatable bonds is 8. The average molecular weight is 829 g/mol. The van der Waals surface area contributed by atoms with Crippen LogP contribution in [0, 0.1) is 23.3 Å². The number of anilines is 2. The van der Waals surface area contributed by atoms with Crippen LogP contribution in [0.25, 0.3) is 11.5 Å². The lowest BCUT2D eigenvalue weighted by molar-refractivity contribution is -0.174. The Kier molecular flexibility index (Phi) is 12.2. The fourth-order valence-corrected chi connectivity index (χ4v) is 5.89. The van der Waals surface area contributed by atoms with Crippen molar-refractivity contribution in [2.24, 2.45) is 0 Å². The van der Waals surface area contributed by atoms with E-state index in [9.17, 15) is 53.5 Å². The maximum Gasteiger partial charge on any atom is 0.472 e. The van der Waals surface area contributed by atoms with E-state index in [1.54, 1.807) is 5.43 Å². The third-order valence-electron chi connectivity index (χ3n) is 9.04. The van der Waals surface area contributed by atoms with E-state index in [1.165, 1.54) is 36.0 Å². The molecule has 0 aliphatic heterocycles. The molecule has 5 aromatic rings. The molecule has 13 nitrogen and oxygen atoms in total. The van der Waals surface area contributed by atoms with Crippen LogP contribution < -0.4 is 21.5 Å². The summed E-state index contributed by atoms with van der Waals surface area (Å²) in [7, 11) is 0. The molecule has 2 aliphatic rings. The second-order valence-electron chi connectivity index (χ2n) is 12.8. The molecule has 3 heterocycles. The molecule has 58 heavy (non-hydrogen) atoms. The highest BCUT2D eigenvalue weighted by molar-refractivity contribution is 5.95. The molecule has 0 unspecified atom stereocenters. The Hall–Kier alpha value is -6.42. The third kappa shape index (κ3) is 9.40. The molecule has 2 amide bonds. The molecule has 0 spiro atoms. The Labute approximate surface area is 321 Å². The number of amides is 2. The van der Waals surface area contributed by atoms with E-state index >= 15 is 0 Å². The zero-order valence-corrected chi connectivity index (χ0v) is 28.7. The van der Waals surface area contributed by atoms with Crippen molar-refractivity contribution in [1.82, 2.24) is 41.0 Å². The SMILES string of the molecule is C.Fc1ccc(C2(Nc3ncc(-c4nnc(C(F)(F)F)o4)cn3)CCC2)c(F)c1.O=C(NNC(=O)C(F)(F)F)c1cnc(NC2(c3ccc(F)cc3F)CCC2)nc1. The molecule has 2 fully saturated rings. The summed E-state index contributed by atoms with van der Waals surface area (Å²) in [6.07, 6.45) is -1.49. The van der Waals surface area contributed by atoms with Crippen molar-refractivity contribution in [3.05, 3.63) is 107 Å². The van der Waals surface area contributed by atoms with Crippen LogP contribution in [0.1, 0.15) is 73.3 Å². The van der Waals surface area contributed by atoms with Gasteiger partial charge in [-0.15, -0.1) is 10.2 Å². The van der Waals surface area contributed by atoms with Crippen LogP contribution in [0.15, 0.2) is 65.6 Å². The second kappa shape index (κ2) is 16.6. The number of halogens is 10. The Morgan fingerprint density at radius 2 is 1.12 bits per heavy atom. The Morgan fingerprint density at radius 1 is 0.655 bits per heavy atom. The van der Waals surface area contributed by atoms with Gasteiger partial charge in [-0.2, -0.15) is 26.3 Å². The summed E-state index contributed by atoms with van der Waals surface area (Å²) in [6.45, 7) is 0. The molecule has 0 atom stereocenters. The van der Waals surface area contributed by atoms with Crippen molar-refractivity contribution in [3.8, 4) is 11.5 Å². The molecule has 7 rings (SSSR count). The van der Waals surface area contributed by atoms with E-state index in [0.717, 1.165) is 43.4 Å². The molecule has 308 valence electrons. The van der Waals surface area contributed by atoms with Crippen LogP contribution >= 0.6 is 0 Å². The van der Waals surface area contributed by atoms with E-state index < -0.39 is 64.4 Å². The number of carbonyl (C=O) groups is 2. The molecule has 23 heteroatoms. The minimum Gasteiger partial charge on any atom is -0.413 e. The number of hydrazine groups is 1. The van der Waals surface area contributed by atoms with Gasteiger partial charge >= 0.3 is 24.2 Å². The number of aromatic nitrogens is 6. The first-order valence-corrected chi connectivity index (χ1v) is 16.6. The number of nitrogens with one attached hydrogen (secondary N) is 4. The van der Waals surface area contributed by atoms with Crippen LogP contribution in [-0.2, 0) is 22.0 Å². The summed E-state index contributed by atoms with van der Waals surface area (Å²) in [5, 5.41) is 12.3. The van der Waals surface area contributed by atoms with E-state index in [4.69, 9.17) is 0 Å². The molecular weight excluding hydrogens is 798 g/mol. The minimum atomic E-state index is -5.15. The smallest absolute Gasteiger partial charge is 0.413 e. The molecule has 2 saturated carbocycles. The summed E-state index contributed by atoms with van der Waals surface area (Å²) < 4.78 is 133. The zero-order valence-electron chi connectivity index (χ0n) is 28.7. The van der Waals surface area contributed by atoms with Gasteiger partial charge in [0, 0.05) is 48.0 Å². The summed E-state index contributed by atoms with van der Waals surface area (Å²) in [5.41, 5.74) is 1.65. The summed E-state index contributed by atoms with van der Waals surface area (Å²) >= 11 is 0. The number of benzene rings is 2. The van der Waals surface area contributed by atoms with Crippen LogP contribution in [0.3, 0.4) is 0 Å². The maximum absolute atomic E-state index is 14.2. The fourth-order valence-electron chi connectivity index (χ4n) is 5.89. The first kappa shape index (κ1) is 42.7. The molecular formula is C35H30F10N10O3. The number of hydrogen-bond acceptors (Lipinski definition) is 11. The van der Waals surface area contributed by atoms with Gasteiger partial charge < -0.3 is 15.1 Å². The average Bonchev–Trinajstić information content (AvgIpc) is 3.63. The quantitative estimate of drug-likeness (QED) is 0.0901. The Balaban J connectivity index is 0.000000217. The lowest BCUT2D eigenvalue weighted by atomic mass is 9.71. The van der Waals surface area contributed by atoms with Gasteiger partial charge in [0.25, 0.3) is 11.8 Å².